The van der Waals surface area contributed by atoms with Crippen molar-refractivity contribution < 1.29 is 22.7 Å². The van der Waals surface area contributed by atoms with Crippen LogP contribution in [0.2, 0.25) is 0 Å². The Morgan fingerprint density at radius 3 is 2.57 bits per heavy atom. The molecule has 0 spiro atoms. The molecular formula is C13H16F3N3O2. The van der Waals surface area contributed by atoms with Crippen LogP contribution in [0.4, 0.5) is 19.1 Å². The van der Waals surface area contributed by atoms with Gasteiger partial charge in [0.05, 0.1) is 13.0 Å². The maximum Gasteiger partial charge on any atom is 0.433 e. The van der Waals surface area contributed by atoms with Crippen molar-refractivity contribution in [3.05, 3.63) is 18.0 Å². The summed E-state index contributed by atoms with van der Waals surface area (Å²) in [5.74, 6) is -0.398. The van der Waals surface area contributed by atoms with Crippen LogP contribution in [0.1, 0.15) is 31.4 Å². The van der Waals surface area contributed by atoms with E-state index in [2.05, 4.69) is 20.0 Å². The van der Waals surface area contributed by atoms with Crippen LogP contribution in [-0.2, 0) is 15.7 Å². The van der Waals surface area contributed by atoms with E-state index in [9.17, 15) is 18.0 Å². The summed E-state index contributed by atoms with van der Waals surface area (Å²) in [7, 11) is 1.35. The molecule has 1 aromatic rings. The molecule has 0 amide bonds. The number of nitrogens with zero attached hydrogens (tertiary/aromatic N) is 2. The lowest BCUT2D eigenvalue weighted by molar-refractivity contribution is -0.146. The third-order valence-electron chi connectivity index (χ3n) is 3.54. The van der Waals surface area contributed by atoms with Crippen molar-refractivity contribution in [2.45, 2.75) is 37.9 Å². The van der Waals surface area contributed by atoms with Crippen molar-refractivity contribution in [3.8, 4) is 0 Å². The number of aromatic nitrogens is 2. The van der Waals surface area contributed by atoms with Crippen molar-refractivity contribution in [1.29, 1.82) is 0 Å². The topological polar surface area (TPSA) is 64.1 Å². The molecule has 0 atom stereocenters. The zero-order valence-corrected chi connectivity index (χ0v) is 11.5. The summed E-state index contributed by atoms with van der Waals surface area (Å²) in [5.41, 5.74) is -0.969. The van der Waals surface area contributed by atoms with Crippen molar-refractivity contribution in [2.75, 3.05) is 12.4 Å². The number of carbonyl (C=O) groups is 1. The molecule has 2 rings (SSSR count). The highest BCUT2D eigenvalue weighted by molar-refractivity contribution is 5.72. The van der Waals surface area contributed by atoms with E-state index >= 15 is 0 Å². The van der Waals surface area contributed by atoms with Crippen LogP contribution in [-0.4, -0.2) is 29.1 Å². The molecule has 0 unspecified atom stereocenters. The minimum absolute atomic E-state index is 0.0330. The Bertz CT molecular complexity index is 500. The predicted molar refractivity (Wildman–Crippen MR) is 68.4 cm³/mol. The van der Waals surface area contributed by atoms with Crippen molar-refractivity contribution in [3.63, 3.8) is 0 Å². The van der Waals surface area contributed by atoms with Crippen molar-refractivity contribution >= 4 is 11.9 Å². The molecule has 1 heterocycles. The van der Waals surface area contributed by atoms with E-state index in [1.807, 2.05) is 0 Å². The molecule has 0 saturated heterocycles. The fraction of sp³-hybridized carbons (Fsp3) is 0.615. The molecule has 1 saturated carbocycles. The fourth-order valence-corrected chi connectivity index (χ4v) is 2.41. The molecule has 21 heavy (non-hydrogen) atoms. The SMILES string of the molecule is COC(=O)C1CCC(Nc2nccc(C(F)(F)F)n2)CC1. The largest absolute Gasteiger partial charge is 0.469 e. The Balaban J connectivity index is 1.93. The van der Waals surface area contributed by atoms with Gasteiger partial charge < -0.3 is 10.1 Å². The number of halogens is 3. The zero-order chi connectivity index (χ0) is 15.5. The summed E-state index contributed by atoms with van der Waals surface area (Å²) >= 11 is 0. The van der Waals surface area contributed by atoms with E-state index in [0.717, 1.165) is 12.3 Å². The number of methoxy groups -OCH3 is 1. The van der Waals surface area contributed by atoms with Crippen LogP contribution in [0.25, 0.3) is 0 Å². The first-order valence-corrected chi connectivity index (χ1v) is 6.64. The number of anilines is 1. The van der Waals surface area contributed by atoms with Crippen LogP contribution < -0.4 is 5.32 Å². The number of hydrogen-bond donors (Lipinski definition) is 1. The minimum atomic E-state index is -4.48. The average molecular weight is 303 g/mol. The number of carbonyl (C=O) groups excluding carboxylic acids is 1. The maximum atomic E-state index is 12.6. The predicted octanol–water partition coefficient (Wildman–Crippen LogP) is 2.64. The number of alkyl halides is 3. The van der Waals surface area contributed by atoms with E-state index < -0.39 is 11.9 Å². The summed E-state index contributed by atoms with van der Waals surface area (Å²) in [4.78, 5) is 18.7. The minimum Gasteiger partial charge on any atom is -0.469 e. The smallest absolute Gasteiger partial charge is 0.433 e. The standard InChI is InChI=1S/C13H16F3N3O2/c1-21-11(20)8-2-4-9(5-3-8)18-12-17-7-6-10(19-12)13(14,15)16/h6-9H,2-5H2,1H3,(H,17,18,19). The molecule has 1 N–H and O–H groups in total. The van der Waals surface area contributed by atoms with Gasteiger partial charge in [-0.25, -0.2) is 9.97 Å². The molecule has 8 heteroatoms. The Morgan fingerprint density at radius 2 is 2.00 bits per heavy atom. The van der Waals surface area contributed by atoms with Gasteiger partial charge in [0.25, 0.3) is 0 Å². The molecule has 116 valence electrons. The lowest BCUT2D eigenvalue weighted by atomic mass is 9.86. The molecule has 0 aliphatic heterocycles. The first kappa shape index (κ1) is 15.5. The third kappa shape index (κ3) is 4.05. The number of hydrogen-bond acceptors (Lipinski definition) is 5. The third-order valence-corrected chi connectivity index (χ3v) is 3.54. The van der Waals surface area contributed by atoms with E-state index in [4.69, 9.17) is 0 Å². The summed E-state index contributed by atoms with van der Waals surface area (Å²) in [6.07, 6.45) is -0.786. The van der Waals surface area contributed by atoms with E-state index in [1.165, 1.54) is 7.11 Å². The monoisotopic (exact) mass is 303 g/mol. The van der Waals surface area contributed by atoms with Crippen LogP contribution in [0, 0.1) is 5.92 Å². The fourth-order valence-electron chi connectivity index (χ4n) is 2.41. The molecule has 0 aromatic carbocycles. The number of ether oxygens (including phenoxy) is 1. The quantitative estimate of drug-likeness (QED) is 0.870. The van der Waals surface area contributed by atoms with Gasteiger partial charge in [-0.05, 0) is 31.7 Å². The molecule has 1 fully saturated rings. The average Bonchev–Trinajstić information content (AvgIpc) is 2.47. The highest BCUT2D eigenvalue weighted by Gasteiger charge is 2.33. The second kappa shape index (κ2) is 6.28. The van der Waals surface area contributed by atoms with Gasteiger partial charge in [-0.3, -0.25) is 4.79 Å². The van der Waals surface area contributed by atoms with E-state index in [1.54, 1.807) is 0 Å². The number of rotatable bonds is 3. The lowest BCUT2D eigenvalue weighted by Gasteiger charge is -2.27. The van der Waals surface area contributed by atoms with E-state index in [0.29, 0.717) is 25.7 Å². The highest BCUT2D eigenvalue weighted by Crippen LogP contribution is 2.29. The second-order valence-electron chi connectivity index (χ2n) is 4.98. The van der Waals surface area contributed by atoms with Gasteiger partial charge in [0.1, 0.15) is 5.69 Å². The zero-order valence-electron chi connectivity index (χ0n) is 11.5. The first-order valence-electron chi connectivity index (χ1n) is 6.64. The molecule has 0 radical (unpaired) electrons. The summed E-state index contributed by atoms with van der Waals surface area (Å²) in [6, 6.07) is 0.800. The normalized spacial score (nSPS) is 22.7. The number of esters is 1. The molecule has 1 aromatic heterocycles. The second-order valence-corrected chi connectivity index (χ2v) is 4.98. The van der Waals surface area contributed by atoms with Crippen LogP contribution in [0.5, 0.6) is 0 Å². The summed E-state index contributed by atoms with van der Waals surface area (Å²) < 4.78 is 42.4. The van der Waals surface area contributed by atoms with E-state index in [-0.39, 0.29) is 23.9 Å². The molecule has 1 aliphatic carbocycles. The van der Waals surface area contributed by atoms with Gasteiger partial charge >= 0.3 is 12.1 Å². The molecular weight excluding hydrogens is 287 g/mol. The summed E-state index contributed by atoms with van der Waals surface area (Å²) in [5, 5.41) is 2.90. The molecule has 5 nitrogen and oxygen atoms in total. The molecule has 1 aliphatic rings. The van der Waals surface area contributed by atoms with Crippen molar-refractivity contribution in [1.82, 2.24) is 9.97 Å². The van der Waals surface area contributed by atoms with Gasteiger partial charge in [-0.1, -0.05) is 0 Å². The Labute approximate surface area is 119 Å². The Kier molecular flexibility index (Phi) is 4.64. The Hall–Kier alpha value is -1.86. The number of nitrogens with one attached hydrogen (secondary N) is 1. The van der Waals surface area contributed by atoms with Crippen molar-refractivity contribution in [2.24, 2.45) is 5.92 Å². The van der Waals surface area contributed by atoms with Gasteiger partial charge in [0.2, 0.25) is 5.95 Å². The van der Waals surface area contributed by atoms with Gasteiger partial charge in [0, 0.05) is 12.2 Å². The highest BCUT2D eigenvalue weighted by atomic mass is 19.4. The van der Waals surface area contributed by atoms with Crippen LogP contribution in [0.3, 0.4) is 0 Å². The van der Waals surface area contributed by atoms with Gasteiger partial charge in [-0.2, -0.15) is 13.2 Å². The summed E-state index contributed by atoms with van der Waals surface area (Å²) in [6.45, 7) is 0. The van der Waals surface area contributed by atoms with Gasteiger partial charge in [-0.15, -0.1) is 0 Å². The van der Waals surface area contributed by atoms with Crippen LogP contribution >= 0.6 is 0 Å². The Morgan fingerprint density at radius 1 is 1.33 bits per heavy atom. The first-order chi connectivity index (χ1) is 9.90. The lowest BCUT2D eigenvalue weighted by Crippen LogP contribution is -2.30. The molecule has 0 bridgehead atoms. The van der Waals surface area contributed by atoms with Gasteiger partial charge in [0.15, 0.2) is 0 Å². The van der Waals surface area contributed by atoms with Crippen LogP contribution in [0.15, 0.2) is 12.3 Å². The maximum absolute atomic E-state index is 12.6.